The highest BCUT2D eigenvalue weighted by molar-refractivity contribution is 5.94. The fraction of sp³-hybridized carbons (Fsp3) is 0.333. The van der Waals surface area contributed by atoms with Gasteiger partial charge in [-0.25, -0.2) is 0 Å². The van der Waals surface area contributed by atoms with E-state index in [0.717, 1.165) is 12.8 Å². The van der Waals surface area contributed by atoms with Crippen molar-refractivity contribution in [1.29, 1.82) is 0 Å². The van der Waals surface area contributed by atoms with Crippen LogP contribution in [0.3, 0.4) is 0 Å². The second-order valence-electron chi connectivity index (χ2n) is 5.13. The van der Waals surface area contributed by atoms with Crippen molar-refractivity contribution in [3.63, 3.8) is 0 Å². The molecule has 0 unspecified atom stereocenters. The monoisotopic (exact) mass is 270 g/mol. The van der Waals surface area contributed by atoms with Crippen LogP contribution in [0.1, 0.15) is 21.5 Å². The fourth-order valence-corrected chi connectivity index (χ4v) is 2.67. The molecule has 0 saturated heterocycles. The van der Waals surface area contributed by atoms with E-state index in [9.17, 15) is 4.79 Å². The molecule has 1 aromatic heterocycles. The predicted octanol–water partition coefficient (Wildman–Crippen LogP) is 0.739. The predicted molar refractivity (Wildman–Crippen MR) is 76.4 cm³/mol. The van der Waals surface area contributed by atoms with Crippen LogP contribution in [0.15, 0.2) is 36.7 Å². The zero-order chi connectivity index (χ0) is 13.9. The molecule has 1 aromatic carbocycles. The Bertz CT molecular complexity index is 595. The van der Waals surface area contributed by atoms with E-state index in [4.69, 9.17) is 5.73 Å². The summed E-state index contributed by atoms with van der Waals surface area (Å²) >= 11 is 0. The lowest BCUT2D eigenvalue weighted by Crippen LogP contribution is -2.35. The van der Waals surface area contributed by atoms with Crippen molar-refractivity contribution >= 4 is 5.91 Å². The van der Waals surface area contributed by atoms with Crippen molar-refractivity contribution in [1.82, 2.24) is 15.1 Å². The van der Waals surface area contributed by atoms with Gasteiger partial charge in [0.2, 0.25) is 0 Å². The van der Waals surface area contributed by atoms with Crippen LogP contribution in [-0.2, 0) is 19.4 Å². The number of hydrogen-bond acceptors (Lipinski definition) is 3. The SMILES string of the molecule is NCCn1cc(C(=O)NC2Cc3ccccc3C2)cn1. The summed E-state index contributed by atoms with van der Waals surface area (Å²) < 4.78 is 1.69. The van der Waals surface area contributed by atoms with Crippen LogP contribution in [0, 0.1) is 0 Å². The van der Waals surface area contributed by atoms with Crippen molar-refractivity contribution < 1.29 is 4.79 Å². The number of amides is 1. The molecule has 0 atom stereocenters. The van der Waals surface area contributed by atoms with E-state index in [1.165, 1.54) is 11.1 Å². The van der Waals surface area contributed by atoms with Gasteiger partial charge in [-0.15, -0.1) is 0 Å². The summed E-state index contributed by atoms with van der Waals surface area (Å²) in [6, 6.07) is 8.51. The summed E-state index contributed by atoms with van der Waals surface area (Å²) in [5, 5.41) is 7.19. The van der Waals surface area contributed by atoms with E-state index in [-0.39, 0.29) is 11.9 Å². The number of benzene rings is 1. The average Bonchev–Trinajstić information content (AvgIpc) is 3.04. The van der Waals surface area contributed by atoms with Crippen molar-refractivity contribution in [2.45, 2.75) is 25.4 Å². The van der Waals surface area contributed by atoms with E-state index in [0.29, 0.717) is 18.7 Å². The maximum absolute atomic E-state index is 12.2. The highest BCUT2D eigenvalue weighted by atomic mass is 16.1. The standard InChI is InChI=1S/C15H18N4O/c16-5-6-19-10-13(9-17-19)15(20)18-14-7-11-3-1-2-4-12(11)8-14/h1-4,9-10,14H,5-8,16H2,(H,18,20). The summed E-state index contributed by atoms with van der Waals surface area (Å²) in [6.45, 7) is 1.14. The molecule has 2 aromatic rings. The van der Waals surface area contributed by atoms with Gasteiger partial charge in [-0.05, 0) is 24.0 Å². The zero-order valence-corrected chi connectivity index (χ0v) is 11.2. The van der Waals surface area contributed by atoms with Crippen LogP contribution in [0.5, 0.6) is 0 Å². The first-order valence-corrected chi connectivity index (χ1v) is 6.86. The van der Waals surface area contributed by atoms with Gasteiger partial charge in [-0.2, -0.15) is 5.10 Å². The molecular weight excluding hydrogens is 252 g/mol. The summed E-state index contributed by atoms with van der Waals surface area (Å²) in [6.07, 6.45) is 5.13. The Labute approximate surface area is 117 Å². The summed E-state index contributed by atoms with van der Waals surface area (Å²) in [5.74, 6) is -0.0638. The quantitative estimate of drug-likeness (QED) is 0.860. The topological polar surface area (TPSA) is 72.9 Å². The third kappa shape index (κ3) is 2.58. The Kier molecular flexibility index (Phi) is 3.52. The summed E-state index contributed by atoms with van der Waals surface area (Å²) in [4.78, 5) is 12.2. The third-order valence-corrected chi connectivity index (χ3v) is 3.64. The molecule has 0 bridgehead atoms. The number of nitrogens with two attached hydrogens (primary N) is 1. The van der Waals surface area contributed by atoms with Gasteiger partial charge >= 0.3 is 0 Å². The largest absolute Gasteiger partial charge is 0.349 e. The Morgan fingerprint density at radius 3 is 2.70 bits per heavy atom. The smallest absolute Gasteiger partial charge is 0.254 e. The van der Waals surface area contributed by atoms with Crippen molar-refractivity contribution in [3.8, 4) is 0 Å². The second-order valence-corrected chi connectivity index (χ2v) is 5.13. The molecule has 1 aliphatic rings. The molecule has 0 radical (unpaired) electrons. The van der Waals surface area contributed by atoms with E-state index in [2.05, 4.69) is 22.5 Å². The number of nitrogens with zero attached hydrogens (tertiary/aromatic N) is 2. The summed E-state index contributed by atoms with van der Waals surface area (Å²) in [5.41, 5.74) is 8.72. The number of aromatic nitrogens is 2. The van der Waals surface area contributed by atoms with Gasteiger partial charge in [-0.1, -0.05) is 24.3 Å². The first-order chi connectivity index (χ1) is 9.76. The fourth-order valence-electron chi connectivity index (χ4n) is 2.67. The second kappa shape index (κ2) is 5.46. The minimum absolute atomic E-state index is 0.0638. The molecule has 0 saturated carbocycles. The van der Waals surface area contributed by atoms with Crippen molar-refractivity contribution in [3.05, 3.63) is 53.3 Å². The highest BCUT2D eigenvalue weighted by Gasteiger charge is 2.23. The maximum atomic E-state index is 12.2. The van der Waals surface area contributed by atoms with Gasteiger partial charge in [0, 0.05) is 18.8 Å². The first kappa shape index (κ1) is 12.9. The van der Waals surface area contributed by atoms with Gasteiger partial charge < -0.3 is 11.1 Å². The Balaban J connectivity index is 1.62. The van der Waals surface area contributed by atoms with Crippen LogP contribution in [-0.4, -0.2) is 28.3 Å². The van der Waals surface area contributed by atoms with E-state index < -0.39 is 0 Å². The molecule has 1 heterocycles. The minimum atomic E-state index is -0.0638. The van der Waals surface area contributed by atoms with Gasteiger partial charge in [0.25, 0.3) is 5.91 Å². The van der Waals surface area contributed by atoms with Crippen LogP contribution in [0.4, 0.5) is 0 Å². The number of carbonyl (C=O) groups is 1. The van der Waals surface area contributed by atoms with E-state index in [1.807, 2.05) is 12.1 Å². The molecule has 0 aliphatic heterocycles. The van der Waals surface area contributed by atoms with Crippen LogP contribution >= 0.6 is 0 Å². The molecule has 3 rings (SSSR count). The summed E-state index contributed by atoms with van der Waals surface area (Å²) in [7, 11) is 0. The lowest BCUT2D eigenvalue weighted by Gasteiger charge is -2.10. The van der Waals surface area contributed by atoms with Gasteiger partial charge in [0.1, 0.15) is 0 Å². The van der Waals surface area contributed by atoms with Crippen LogP contribution in [0.2, 0.25) is 0 Å². The molecule has 20 heavy (non-hydrogen) atoms. The first-order valence-electron chi connectivity index (χ1n) is 6.86. The third-order valence-electron chi connectivity index (χ3n) is 3.64. The Hall–Kier alpha value is -2.14. The van der Waals surface area contributed by atoms with Crippen molar-refractivity contribution in [2.24, 2.45) is 5.73 Å². The minimum Gasteiger partial charge on any atom is -0.349 e. The molecule has 0 fully saturated rings. The molecule has 5 nitrogen and oxygen atoms in total. The maximum Gasteiger partial charge on any atom is 0.254 e. The number of hydrogen-bond donors (Lipinski definition) is 2. The van der Waals surface area contributed by atoms with Gasteiger partial charge in [0.15, 0.2) is 0 Å². The van der Waals surface area contributed by atoms with E-state index in [1.54, 1.807) is 17.1 Å². The molecule has 5 heteroatoms. The Morgan fingerprint density at radius 1 is 1.35 bits per heavy atom. The number of rotatable bonds is 4. The van der Waals surface area contributed by atoms with Crippen molar-refractivity contribution in [2.75, 3.05) is 6.54 Å². The molecule has 1 aliphatic carbocycles. The molecule has 3 N–H and O–H groups in total. The molecule has 0 spiro atoms. The highest BCUT2D eigenvalue weighted by Crippen LogP contribution is 2.21. The lowest BCUT2D eigenvalue weighted by molar-refractivity contribution is 0.0938. The van der Waals surface area contributed by atoms with Gasteiger partial charge in [0.05, 0.1) is 18.3 Å². The molecule has 104 valence electrons. The lowest BCUT2D eigenvalue weighted by atomic mass is 10.1. The van der Waals surface area contributed by atoms with Gasteiger partial charge in [-0.3, -0.25) is 9.48 Å². The number of carbonyl (C=O) groups excluding carboxylic acids is 1. The average molecular weight is 270 g/mol. The Morgan fingerprint density at radius 2 is 2.05 bits per heavy atom. The molecule has 1 amide bonds. The number of nitrogens with one attached hydrogen (secondary N) is 1. The van der Waals surface area contributed by atoms with E-state index >= 15 is 0 Å². The number of fused-ring (bicyclic) bond motifs is 1. The van der Waals surface area contributed by atoms with Crippen LogP contribution in [0.25, 0.3) is 0 Å². The molecular formula is C15H18N4O. The van der Waals surface area contributed by atoms with Crippen LogP contribution < -0.4 is 11.1 Å². The zero-order valence-electron chi connectivity index (χ0n) is 11.2. The normalized spacial score (nSPS) is 14.2.